The molecule has 0 aromatic heterocycles. The van der Waals surface area contributed by atoms with Crippen LogP contribution in [0.1, 0.15) is 60.6 Å². The Morgan fingerprint density at radius 3 is 2.26 bits per heavy atom. The zero-order valence-corrected chi connectivity index (χ0v) is 24.0. The first-order valence-corrected chi connectivity index (χ1v) is 14.5. The Kier molecular flexibility index (Phi) is 6.17. The van der Waals surface area contributed by atoms with Crippen LogP contribution in [0.4, 0.5) is 5.69 Å². The first-order valence-electron chi connectivity index (χ1n) is 14.1. The van der Waals surface area contributed by atoms with Crippen molar-refractivity contribution in [1.29, 1.82) is 0 Å². The first kappa shape index (κ1) is 26.4. The highest BCUT2D eigenvalue weighted by Gasteiger charge is 2.71. The minimum Gasteiger partial charge on any atom is -0.494 e. The second-order valence-electron chi connectivity index (χ2n) is 11.1. The normalized spacial score (nSPS) is 21.3. The van der Waals surface area contributed by atoms with E-state index >= 15 is 0 Å². The number of aryl methyl sites for hydroxylation is 1. The molecule has 208 valence electrons. The fraction of sp³-hybridized carbons (Fsp3) is 0.194. The molecule has 5 nitrogen and oxygen atoms in total. The summed E-state index contributed by atoms with van der Waals surface area (Å²) in [5.41, 5.74) is 3.15. The van der Waals surface area contributed by atoms with Gasteiger partial charge in [0.2, 0.25) is 0 Å². The van der Waals surface area contributed by atoms with E-state index in [0.29, 0.717) is 39.6 Å². The zero-order valence-electron chi connectivity index (χ0n) is 23.2. The molecule has 7 rings (SSSR count). The molecule has 6 heteroatoms. The molecule has 3 aliphatic rings. The molecule has 1 saturated heterocycles. The average Bonchev–Trinajstić information content (AvgIpc) is 3.43. The van der Waals surface area contributed by atoms with Gasteiger partial charge in [0.25, 0.3) is 0 Å². The molecule has 2 heterocycles. The molecule has 3 atom stereocenters. The monoisotopic (exact) mass is 573 g/mol. The van der Waals surface area contributed by atoms with Crippen LogP contribution in [-0.4, -0.2) is 36.0 Å². The van der Waals surface area contributed by atoms with Crippen molar-refractivity contribution in [2.45, 2.75) is 31.8 Å². The summed E-state index contributed by atoms with van der Waals surface area (Å²) in [6.45, 7) is 4.30. The Balaban J connectivity index is 1.56. The smallest absolute Gasteiger partial charge is 0.185 e. The van der Waals surface area contributed by atoms with Crippen LogP contribution in [0.3, 0.4) is 0 Å². The molecule has 0 saturated carbocycles. The van der Waals surface area contributed by atoms with Gasteiger partial charge in [-0.1, -0.05) is 77.8 Å². The van der Waals surface area contributed by atoms with Gasteiger partial charge in [0.15, 0.2) is 17.3 Å². The predicted molar refractivity (Wildman–Crippen MR) is 164 cm³/mol. The van der Waals surface area contributed by atoms with E-state index in [1.165, 1.54) is 0 Å². The van der Waals surface area contributed by atoms with E-state index in [1.807, 2.05) is 67.3 Å². The molecule has 0 radical (unpaired) electrons. The molecule has 4 aromatic carbocycles. The summed E-state index contributed by atoms with van der Waals surface area (Å²) in [6, 6.07) is 25.7. The number of ether oxygens (including phenoxy) is 1. The summed E-state index contributed by atoms with van der Waals surface area (Å²) in [4.78, 5) is 46.4. The van der Waals surface area contributed by atoms with E-state index in [4.69, 9.17) is 16.3 Å². The SMILES string of the molecule is CCOc1ccccc1[C@H]1[C@H](C(=O)c2ccc(Cl)cc2)N2c3ccc(C)cc3C=CC2C12C(=O)c1ccccc1C2=O. The summed E-state index contributed by atoms with van der Waals surface area (Å²) < 4.78 is 6.10. The van der Waals surface area contributed by atoms with Crippen LogP contribution in [0.5, 0.6) is 5.75 Å². The number of carbonyl (C=O) groups excluding carboxylic acids is 3. The average molecular weight is 574 g/mol. The highest BCUT2D eigenvalue weighted by Crippen LogP contribution is 2.62. The van der Waals surface area contributed by atoms with Gasteiger partial charge in [0, 0.05) is 38.9 Å². The fourth-order valence-electron chi connectivity index (χ4n) is 7.25. The quantitative estimate of drug-likeness (QED) is 0.184. The lowest BCUT2D eigenvalue weighted by atomic mass is 9.64. The number of fused-ring (bicyclic) bond motifs is 5. The second-order valence-corrected chi connectivity index (χ2v) is 11.5. The Labute approximate surface area is 249 Å². The van der Waals surface area contributed by atoms with Gasteiger partial charge < -0.3 is 9.64 Å². The standard InChI is InChI=1S/C36H28ClNO4/c1-3-42-29-11-7-6-10-27(29)31-32(33(39)22-13-16-24(37)17-14-22)38-28-18-12-21(2)20-23(28)15-19-30(38)36(31)34(40)25-8-4-5-9-26(25)35(36)41/h4-20,30-32H,3H2,1-2H3/t30?,31-,32+/m0/s1. The third-order valence-corrected chi connectivity index (χ3v) is 9.16. The van der Waals surface area contributed by atoms with Crippen LogP contribution in [-0.2, 0) is 0 Å². The molecule has 0 bridgehead atoms. The predicted octanol–water partition coefficient (Wildman–Crippen LogP) is 7.36. The van der Waals surface area contributed by atoms with Crippen molar-refractivity contribution in [1.82, 2.24) is 0 Å². The van der Waals surface area contributed by atoms with E-state index in [0.717, 1.165) is 16.8 Å². The maximum Gasteiger partial charge on any atom is 0.185 e. The summed E-state index contributed by atoms with van der Waals surface area (Å²) in [5, 5.41) is 0.517. The van der Waals surface area contributed by atoms with Crippen LogP contribution < -0.4 is 9.64 Å². The van der Waals surface area contributed by atoms with Crippen LogP contribution in [0.25, 0.3) is 6.08 Å². The molecule has 1 unspecified atom stereocenters. The fourth-order valence-corrected chi connectivity index (χ4v) is 7.37. The number of ketones is 3. The van der Waals surface area contributed by atoms with Gasteiger partial charge in [-0.15, -0.1) is 0 Å². The van der Waals surface area contributed by atoms with Crippen molar-refractivity contribution in [3.05, 3.63) is 135 Å². The molecular weight excluding hydrogens is 546 g/mol. The van der Waals surface area contributed by atoms with Crippen LogP contribution in [0.15, 0.2) is 97.1 Å². The number of rotatable bonds is 5. The van der Waals surface area contributed by atoms with E-state index in [9.17, 15) is 14.4 Å². The van der Waals surface area contributed by atoms with Gasteiger partial charge >= 0.3 is 0 Å². The third kappa shape index (κ3) is 3.59. The van der Waals surface area contributed by atoms with Crippen molar-refractivity contribution in [3.63, 3.8) is 0 Å². The molecule has 1 aliphatic carbocycles. The van der Waals surface area contributed by atoms with Gasteiger partial charge in [-0.2, -0.15) is 0 Å². The molecule has 2 aliphatic heterocycles. The number of anilines is 1. The maximum atomic E-state index is 14.8. The number of hydrogen-bond donors (Lipinski definition) is 0. The van der Waals surface area contributed by atoms with Crippen molar-refractivity contribution in [3.8, 4) is 5.75 Å². The highest BCUT2D eigenvalue weighted by atomic mass is 35.5. The van der Waals surface area contributed by atoms with Crippen molar-refractivity contribution < 1.29 is 19.1 Å². The Morgan fingerprint density at radius 2 is 1.57 bits per heavy atom. The summed E-state index contributed by atoms with van der Waals surface area (Å²) >= 11 is 6.20. The van der Waals surface area contributed by atoms with Gasteiger partial charge in [-0.25, -0.2) is 0 Å². The molecule has 0 N–H and O–H groups in total. The number of halogens is 1. The van der Waals surface area contributed by atoms with E-state index in [2.05, 4.69) is 6.07 Å². The maximum absolute atomic E-state index is 14.8. The lowest BCUT2D eigenvalue weighted by Crippen LogP contribution is -2.48. The number of hydrogen-bond acceptors (Lipinski definition) is 5. The number of benzene rings is 4. The van der Waals surface area contributed by atoms with Gasteiger partial charge in [0.1, 0.15) is 17.2 Å². The van der Waals surface area contributed by atoms with Gasteiger partial charge in [0.05, 0.1) is 12.6 Å². The topological polar surface area (TPSA) is 63.7 Å². The van der Waals surface area contributed by atoms with Gasteiger partial charge in [-0.3, -0.25) is 14.4 Å². The van der Waals surface area contributed by atoms with Crippen LogP contribution >= 0.6 is 11.6 Å². The number of nitrogens with zero attached hydrogens (tertiary/aromatic N) is 1. The molecule has 1 spiro atoms. The van der Waals surface area contributed by atoms with E-state index in [1.54, 1.807) is 48.5 Å². The van der Waals surface area contributed by atoms with E-state index < -0.39 is 23.4 Å². The summed E-state index contributed by atoms with van der Waals surface area (Å²) in [6.07, 6.45) is 3.92. The Morgan fingerprint density at radius 1 is 0.905 bits per heavy atom. The summed E-state index contributed by atoms with van der Waals surface area (Å²) in [5.74, 6) is -0.995. The Bertz CT molecular complexity index is 1770. The number of carbonyl (C=O) groups is 3. The third-order valence-electron chi connectivity index (χ3n) is 8.91. The number of para-hydroxylation sites is 1. The minimum absolute atomic E-state index is 0.191. The van der Waals surface area contributed by atoms with Gasteiger partial charge in [-0.05, 0) is 61.9 Å². The second kappa shape index (κ2) is 9.81. The largest absolute Gasteiger partial charge is 0.494 e. The molecule has 42 heavy (non-hydrogen) atoms. The lowest BCUT2D eigenvalue weighted by Gasteiger charge is -2.37. The lowest BCUT2D eigenvalue weighted by molar-refractivity contribution is 0.0664. The van der Waals surface area contributed by atoms with Crippen molar-refractivity contribution in [2.24, 2.45) is 5.41 Å². The molecular formula is C36H28ClNO4. The van der Waals surface area contributed by atoms with Crippen molar-refractivity contribution >= 4 is 40.7 Å². The number of Topliss-reactive ketones (excluding diaryl/α,β-unsaturated/α-hetero) is 3. The van der Waals surface area contributed by atoms with Crippen LogP contribution in [0, 0.1) is 12.3 Å². The summed E-state index contributed by atoms with van der Waals surface area (Å²) in [7, 11) is 0. The molecule has 4 aromatic rings. The van der Waals surface area contributed by atoms with Crippen molar-refractivity contribution in [2.75, 3.05) is 11.5 Å². The molecule has 0 amide bonds. The van der Waals surface area contributed by atoms with Crippen LogP contribution in [0.2, 0.25) is 5.02 Å². The Hall–Kier alpha value is -4.48. The highest BCUT2D eigenvalue weighted by molar-refractivity contribution is 6.32. The first-order chi connectivity index (χ1) is 20.4. The van der Waals surface area contributed by atoms with E-state index in [-0.39, 0.29) is 17.3 Å². The zero-order chi connectivity index (χ0) is 29.2. The minimum atomic E-state index is -1.58. The molecule has 1 fully saturated rings.